The van der Waals surface area contributed by atoms with Crippen LogP contribution in [0.5, 0.6) is 0 Å². The molecule has 1 fully saturated rings. The first-order valence-electron chi connectivity index (χ1n) is 5.41. The second-order valence-corrected chi connectivity index (χ2v) is 5.96. The fraction of sp³-hybridized carbons (Fsp3) is 1.00. The summed E-state index contributed by atoms with van der Waals surface area (Å²) in [6, 6.07) is -0.102. The number of rotatable bonds is 4. The van der Waals surface area contributed by atoms with E-state index in [0.717, 1.165) is 12.2 Å². The molecule has 0 radical (unpaired) electrons. The Morgan fingerprint density at radius 2 is 1.88 bits per heavy atom. The van der Waals surface area contributed by atoms with Gasteiger partial charge in [0, 0.05) is 12.6 Å². The molecule has 98 valence electrons. The summed E-state index contributed by atoms with van der Waals surface area (Å²) in [6.45, 7) is 4.62. The normalized spacial score (nSPS) is 34.9. The minimum Gasteiger partial charge on any atom is -0.389 e. The highest BCUT2D eigenvalue weighted by Crippen LogP contribution is 2.17. The molecule has 4 nitrogen and oxygen atoms in total. The van der Waals surface area contributed by atoms with Gasteiger partial charge in [-0.05, 0) is 17.4 Å². The van der Waals surface area contributed by atoms with Gasteiger partial charge in [0.1, 0.15) is 6.10 Å². The molecule has 1 saturated heterocycles. The Bertz CT molecular complexity index is 197. The topological polar surface area (TPSA) is 72.7 Å². The van der Waals surface area contributed by atoms with E-state index in [9.17, 15) is 15.3 Å². The van der Waals surface area contributed by atoms with Crippen LogP contribution in [-0.2, 0) is 0 Å². The Labute approximate surface area is 107 Å². The molecule has 0 aromatic carbocycles. The van der Waals surface area contributed by atoms with Crippen molar-refractivity contribution < 1.29 is 15.3 Å². The Morgan fingerprint density at radius 3 is 2.44 bits per heavy atom. The van der Waals surface area contributed by atoms with E-state index in [0.29, 0.717) is 11.8 Å². The van der Waals surface area contributed by atoms with Gasteiger partial charge in [-0.3, -0.25) is 0 Å². The molecule has 1 aliphatic rings. The molecule has 0 aromatic rings. The lowest BCUT2D eigenvalue weighted by Crippen LogP contribution is -2.59. The first-order valence-corrected chi connectivity index (χ1v) is 6.46. The number of halogens is 1. The third-order valence-corrected chi connectivity index (χ3v) is 3.76. The van der Waals surface area contributed by atoms with Crippen LogP contribution in [0.25, 0.3) is 0 Å². The Balaban J connectivity index is 0.00000225. The van der Waals surface area contributed by atoms with Gasteiger partial charge < -0.3 is 20.6 Å². The molecule has 4 N–H and O–H groups in total. The van der Waals surface area contributed by atoms with Crippen molar-refractivity contribution in [3.8, 4) is 0 Å². The molecule has 6 heteroatoms. The molecule has 0 spiro atoms. The van der Waals surface area contributed by atoms with Gasteiger partial charge in [0.05, 0.1) is 12.2 Å². The maximum Gasteiger partial charge on any atom is 0.108 e. The summed E-state index contributed by atoms with van der Waals surface area (Å²) in [5, 5.41) is 32.1. The maximum atomic E-state index is 9.69. The zero-order chi connectivity index (χ0) is 11.4. The smallest absolute Gasteiger partial charge is 0.108 e. The van der Waals surface area contributed by atoms with Crippen LogP contribution in [0.3, 0.4) is 0 Å². The van der Waals surface area contributed by atoms with E-state index in [2.05, 4.69) is 19.2 Å². The van der Waals surface area contributed by atoms with Crippen molar-refractivity contribution in [1.29, 1.82) is 0 Å². The van der Waals surface area contributed by atoms with Crippen LogP contribution in [-0.4, -0.2) is 57.2 Å². The van der Waals surface area contributed by atoms with Crippen molar-refractivity contribution >= 4 is 24.2 Å². The highest BCUT2D eigenvalue weighted by molar-refractivity contribution is 7.99. The number of β-amino-alcohol motifs (C(OH)–C–C–N with tert-alkyl or cyclic N) is 1. The van der Waals surface area contributed by atoms with E-state index in [1.165, 1.54) is 0 Å². The number of piperidine rings is 1. The average molecular weight is 272 g/mol. The van der Waals surface area contributed by atoms with Gasteiger partial charge in [0.2, 0.25) is 0 Å². The highest BCUT2D eigenvalue weighted by atomic mass is 35.5. The van der Waals surface area contributed by atoms with E-state index in [-0.39, 0.29) is 18.4 Å². The second-order valence-electron chi connectivity index (χ2n) is 4.27. The first kappa shape index (κ1) is 16.5. The van der Waals surface area contributed by atoms with Gasteiger partial charge in [-0.15, -0.1) is 12.4 Å². The largest absolute Gasteiger partial charge is 0.389 e. The van der Waals surface area contributed by atoms with Crippen LogP contribution in [0.4, 0.5) is 0 Å². The van der Waals surface area contributed by atoms with Gasteiger partial charge in [-0.2, -0.15) is 11.8 Å². The maximum absolute atomic E-state index is 9.69. The van der Waals surface area contributed by atoms with E-state index >= 15 is 0 Å². The van der Waals surface area contributed by atoms with E-state index in [1.54, 1.807) is 0 Å². The van der Waals surface area contributed by atoms with Crippen LogP contribution in [0.15, 0.2) is 0 Å². The number of aliphatic hydroxyl groups is 3. The van der Waals surface area contributed by atoms with Gasteiger partial charge in [0.25, 0.3) is 0 Å². The number of aliphatic hydroxyl groups excluding tert-OH is 3. The fourth-order valence-corrected chi connectivity index (χ4v) is 2.54. The fourth-order valence-electron chi connectivity index (χ4n) is 1.68. The standard InChI is InChI=1S/C10H21NO3S.ClH/c1-6(2)15-4-3-7-9(13)10(14)8(12)5-11-7;/h6-14H,3-5H2,1-2H3;1H/t7-,8-,9+,10+;/m1./s1. The first-order chi connectivity index (χ1) is 7.02. The molecule has 0 bridgehead atoms. The second kappa shape index (κ2) is 7.74. The quantitative estimate of drug-likeness (QED) is 0.579. The van der Waals surface area contributed by atoms with E-state index in [1.807, 2.05) is 11.8 Å². The van der Waals surface area contributed by atoms with Gasteiger partial charge in [-0.1, -0.05) is 13.8 Å². The summed E-state index contributed by atoms with van der Waals surface area (Å²) < 4.78 is 0. The zero-order valence-electron chi connectivity index (χ0n) is 9.67. The Kier molecular flexibility index (Phi) is 7.97. The van der Waals surface area contributed by atoms with Crippen molar-refractivity contribution in [2.75, 3.05) is 12.3 Å². The third-order valence-electron chi connectivity index (χ3n) is 2.63. The molecule has 0 saturated carbocycles. The molecule has 0 aliphatic carbocycles. The number of nitrogens with one attached hydrogen (secondary N) is 1. The summed E-state index contributed by atoms with van der Waals surface area (Å²) >= 11 is 1.83. The molecule has 4 atom stereocenters. The summed E-state index contributed by atoms with van der Waals surface area (Å²) in [5.74, 6) is 0.954. The third kappa shape index (κ3) is 4.77. The molecule has 0 amide bonds. The van der Waals surface area contributed by atoms with Crippen molar-refractivity contribution in [3.05, 3.63) is 0 Å². The minimum absolute atomic E-state index is 0. The number of thioether (sulfide) groups is 1. The molecule has 0 unspecified atom stereocenters. The van der Waals surface area contributed by atoms with Crippen molar-refractivity contribution in [2.24, 2.45) is 0 Å². The van der Waals surface area contributed by atoms with Crippen molar-refractivity contribution in [2.45, 2.75) is 49.9 Å². The van der Waals surface area contributed by atoms with Gasteiger partial charge in [-0.25, -0.2) is 0 Å². The molecule has 1 rings (SSSR count). The average Bonchev–Trinajstić information content (AvgIpc) is 2.18. The molecule has 1 aliphatic heterocycles. The van der Waals surface area contributed by atoms with Crippen LogP contribution >= 0.6 is 24.2 Å². The van der Waals surface area contributed by atoms with Crippen LogP contribution in [0.2, 0.25) is 0 Å². The molecular weight excluding hydrogens is 250 g/mol. The zero-order valence-corrected chi connectivity index (χ0v) is 11.3. The molecule has 16 heavy (non-hydrogen) atoms. The highest BCUT2D eigenvalue weighted by Gasteiger charge is 2.35. The minimum atomic E-state index is -1.01. The lowest BCUT2D eigenvalue weighted by atomic mass is 9.94. The van der Waals surface area contributed by atoms with Crippen LogP contribution in [0.1, 0.15) is 20.3 Å². The van der Waals surface area contributed by atoms with Gasteiger partial charge >= 0.3 is 0 Å². The van der Waals surface area contributed by atoms with E-state index in [4.69, 9.17) is 0 Å². The summed E-state index contributed by atoms with van der Waals surface area (Å²) in [6.07, 6.45) is -1.91. The summed E-state index contributed by atoms with van der Waals surface area (Å²) in [7, 11) is 0. The van der Waals surface area contributed by atoms with Crippen molar-refractivity contribution in [3.63, 3.8) is 0 Å². The number of hydrogen-bond acceptors (Lipinski definition) is 5. The molecular formula is C10H22ClNO3S. The van der Waals surface area contributed by atoms with E-state index < -0.39 is 18.3 Å². The number of hydrogen-bond donors (Lipinski definition) is 4. The van der Waals surface area contributed by atoms with Gasteiger partial charge in [0.15, 0.2) is 0 Å². The summed E-state index contributed by atoms with van der Waals surface area (Å²) in [4.78, 5) is 0. The SMILES string of the molecule is CC(C)SCC[C@H]1NC[C@@H](O)[C@H](O)[C@H]1O.Cl. The lowest BCUT2D eigenvalue weighted by molar-refractivity contribution is -0.0941. The Hall–Kier alpha value is 0.480. The van der Waals surface area contributed by atoms with Crippen LogP contribution in [0, 0.1) is 0 Å². The monoisotopic (exact) mass is 271 g/mol. The van der Waals surface area contributed by atoms with Crippen LogP contribution < -0.4 is 5.32 Å². The Morgan fingerprint density at radius 1 is 1.25 bits per heavy atom. The van der Waals surface area contributed by atoms with Crippen molar-refractivity contribution in [1.82, 2.24) is 5.32 Å². The molecule has 0 aromatic heterocycles. The predicted octanol–water partition coefficient (Wildman–Crippen LogP) is -0.00560. The lowest BCUT2D eigenvalue weighted by Gasteiger charge is -2.36. The summed E-state index contributed by atoms with van der Waals surface area (Å²) in [5.41, 5.74) is 0. The molecule has 1 heterocycles. The predicted molar refractivity (Wildman–Crippen MR) is 69.3 cm³/mol.